The van der Waals surface area contributed by atoms with Gasteiger partial charge in [-0.3, -0.25) is 9.59 Å². The van der Waals surface area contributed by atoms with E-state index in [1.54, 1.807) is 0 Å². The molecule has 0 aliphatic heterocycles. The average Bonchev–Trinajstić information content (AvgIpc) is 2.00. The second-order valence-electron chi connectivity index (χ2n) is 2.19. The lowest BCUT2D eigenvalue weighted by molar-refractivity contribution is -0.154. The Bertz CT molecular complexity index is 195. The molecular weight excluding hydrogens is 148 g/mol. The molecule has 0 bridgehead atoms. The van der Waals surface area contributed by atoms with Crippen molar-refractivity contribution in [2.75, 3.05) is 7.11 Å². The Morgan fingerprint density at radius 3 is 2.00 bits per heavy atom. The summed E-state index contributed by atoms with van der Waals surface area (Å²) >= 11 is 0. The van der Waals surface area contributed by atoms with Gasteiger partial charge in [0.1, 0.15) is 5.78 Å². The maximum atomic E-state index is 10.8. The molecule has 1 atom stereocenters. The van der Waals surface area contributed by atoms with Crippen LogP contribution in [0.5, 0.6) is 0 Å². The minimum absolute atomic E-state index is 0.333. The molecule has 0 spiro atoms. The SMILES string of the molecule is COC(=O)C(=O)C(C)C(C)=O. The Hall–Kier alpha value is -1.19. The zero-order valence-corrected chi connectivity index (χ0v) is 6.71. The van der Waals surface area contributed by atoms with Crippen molar-refractivity contribution in [3.8, 4) is 0 Å². The first kappa shape index (κ1) is 9.81. The number of Topliss-reactive ketones (excluding diaryl/α,β-unsaturated/α-hetero) is 2. The quantitative estimate of drug-likeness (QED) is 0.328. The lowest BCUT2D eigenvalue weighted by Gasteiger charge is -2.02. The molecule has 0 amide bonds. The summed E-state index contributed by atoms with van der Waals surface area (Å²) in [5, 5.41) is 0. The molecular formula is C7H10O4. The monoisotopic (exact) mass is 158 g/mol. The van der Waals surface area contributed by atoms with Gasteiger partial charge in [0.2, 0.25) is 5.78 Å². The topological polar surface area (TPSA) is 60.4 Å². The fraction of sp³-hybridized carbons (Fsp3) is 0.571. The molecule has 11 heavy (non-hydrogen) atoms. The summed E-state index contributed by atoms with van der Waals surface area (Å²) in [4.78, 5) is 31.9. The first-order valence-electron chi connectivity index (χ1n) is 3.13. The van der Waals surface area contributed by atoms with Gasteiger partial charge in [0.15, 0.2) is 0 Å². The fourth-order valence-corrected chi connectivity index (χ4v) is 0.462. The normalized spacial score (nSPS) is 11.9. The molecule has 0 aromatic heterocycles. The van der Waals surface area contributed by atoms with Crippen LogP contribution in [0.2, 0.25) is 0 Å². The number of carbonyl (C=O) groups excluding carboxylic acids is 3. The van der Waals surface area contributed by atoms with E-state index < -0.39 is 17.7 Å². The third kappa shape index (κ3) is 2.49. The first-order chi connectivity index (χ1) is 5.00. The summed E-state index contributed by atoms with van der Waals surface area (Å²) in [6.07, 6.45) is 0. The fourth-order valence-electron chi connectivity index (χ4n) is 0.462. The van der Waals surface area contributed by atoms with Crippen molar-refractivity contribution in [1.29, 1.82) is 0 Å². The van der Waals surface area contributed by atoms with Crippen LogP contribution < -0.4 is 0 Å². The van der Waals surface area contributed by atoms with Crippen LogP contribution in [-0.2, 0) is 19.1 Å². The minimum Gasteiger partial charge on any atom is -0.463 e. The van der Waals surface area contributed by atoms with Gasteiger partial charge in [-0.25, -0.2) is 4.79 Å². The predicted molar refractivity (Wildman–Crippen MR) is 36.9 cm³/mol. The summed E-state index contributed by atoms with van der Waals surface area (Å²) in [5.41, 5.74) is 0. The third-order valence-electron chi connectivity index (χ3n) is 1.39. The van der Waals surface area contributed by atoms with Crippen LogP contribution >= 0.6 is 0 Å². The van der Waals surface area contributed by atoms with E-state index in [9.17, 15) is 14.4 Å². The molecule has 0 aromatic rings. The predicted octanol–water partition coefficient (Wildman–Crippen LogP) is -0.0464. The highest BCUT2D eigenvalue weighted by atomic mass is 16.5. The molecule has 0 radical (unpaired) electrons. The van der Waals surface area contributed by atoms with Crippen molar-refractivity contribution >= 4 is 17.5 Å². The lowest BCUT2D eigenvalue weighted by atomic mass is 10.0. The summed E-state index contributed by atoms with van der Waals surface area (Å²) in [5.74, 6) is -2.98. The highest BCUT2D eigenvalue weighted by Crippen LogP contribution is 1.99. The van der Waals surface area contributed by atoms with Crippen molar-refractivity contribution in [1.82, 2.24) is 0 Å². The number of hydrogen-bond donors (Lipinski definition) is 0. The number of hydrogen-bond acceptors (Lipinski definition) is 4. The van der Waals surface area contributed by atoms with E-state index in [1.807, 2.05) is 0 Å². The van der Waals surface area contributed by atoms with Crippen molar-refractivity contribution in [2.24, 2.45) is 5.92 Å². The maximum Gasteiger partial charge on any atom is 0.375 e. The molecule has 4 heteroatoms. The van der Waals surface area contributed by atoms with E-state index in [0.717, 1.165) is 7.11 Å². The molecule has 1 unspecified atom stereocenters. The second kappa shape index (κ2) is 3.85. The highest BCUT2D eigenvalue weighted by molar-refractivity contribution is 6.38. The smallest absolute Gasteiger partial charge is 0.375 e. The zero-order valence-electron chi connectivity index (χ0n) is 6.71. The molecule has 0 aromatic carbocycles. The van der Waals surface area contributed by atoms with Crippen LogP contribution in [0, 0.1) is 5.92 Å². The van der Waals surface area contributed by atoms with E-state index >= 15 is 0 Å². The Morgan fingerprint density at radius 2 is 1.73 bits per heavy atom. The van der Waals surface area contributed by atoms with Gasteiger partial charge in [-0.15, -0.1) is 0 Å². The Balaban J connectivity index is 4.25. The van der Waals surface area contributed by atoms with E-state index in [0.29, 0.717) is 0 Å². The van der Waals surface area contributed by atoms with Gasteiger partial charge in [-0.05, 0) is 13.8 Å². The van der Waals surface area contributed by atoms with Crippen LogP contribution in [0.1, 0.15) is 13.8 Å². The van der Waals surface area contributed by atoms with Gasteiger partial charge < -0.3 is 4.74 Å². The second-order valence-corrected chi connectivity index (χ2v) is 2.19. The molecule has 0 fully saturated rings. The summed E-state index contributed by atoms with van der Waals surface area (Å²) in [6.45, 7) is 2.63. The summed E-state index contributed by atoms with van der Waals surface area (Å²) in [6, 6.07) is 0. The molecule has 0 aliphatic carbocycles. The van der Waals surface area contributed by atoms with Crippen molar-refractivity contribution in [3.63, 3.8) is 0 Å². The molecule has 0 N–H and O–H groups in total. The molecule has 4 nitrogen and oxygen atoms in total. The van der Waals surface area contributed by atoms with Gasteiger partial charge >= 0.3 is 5.97 Å². The van der Waals surface area contributed by atoms with Crippen LogP contribution in [0.3, 0.4) is 0 Å². The molecule has 0 heterocycles. The molecule has 0 rings (SSSR count). The van der Waals surface area contributed by atoms with E-state index in [4.69, 9.17) is 0 Å². The molecule has 0 aliphatic rings. The van der Waals surface area contributed by atoms with Gasteiger partial charge in [0.25, 0.3) is 0 Å². The molecule has 62 valence electrons. The molecule has 0 saturated carbocycles. The number of ketones is 2. The van der Waals surface area contributed by atoms with Crippen LogP contribution in [0.25, 0.3) is 0 Å². The Labute approximate surface area is 64.5 Å². The first-order valence-corrected chi connectivity index (χ1v) is 3.13. The largest absolute Gasteiger partial charge is 0.463 e. The number of esters is 1. The van der Waals surface area contributed by atoms with Crippen molar-refractivity contribution < 1.29 is 19.1 Å². The van der Waals surface area contributed by atoms with Gasteiger partial charge in [-0.1, -0.05) is 0 Å². The van der Waals surface area contributed by atoms with E-state index in [-0.39, 0.29) is 5.78 Å². The van der Waals surface area contributed by atoms with Crippen LogP contribution in [0.15, 0.2) is 0 Å². The van der Waals surface area contributed by atoms with Crippen molar-refractivity contribution in [2.45, 2.75) is 13.8 Å². The highest BCUT2D eigenvalue weighted by Gasteiger charge is 2.24. The van der Waals surface area contributed by atoms with E-state index in [1.165, 1.54) is 13.8 Å². The van der Waals surface area contributed by atoms with Gasteiger partial charge in [-0.2, -0.15) is 0 Å². The Kier molecular flexibility index (Phi) is 3.44. The number of ether oxygens (including phenoxy) is 1. The van der Waals surface area contributed by atoms with Crippen LogP contribution in [-0.4, -0.2) is 24.6 Å². The van der Waals surface area contributed by atoms with Crippen LogP contribution in [0.4, 0.5) is 0 Å². The Morgan fingerprint density at radius 1 is 1.27 bits per heavy atom. The summed E-state index contributed by atoms with van der Waals surface area (Å²) < 4.78 is 4.14. The average molecular weight is 158 g/mol. The number of carbonyl (C=O) groups is 3. The number of rotatable bonds is 3. The maximum absolute atomic E-state index is 10.8. The van der Waals surface area contributed by atoms with Gasteiger partial charge in [0, 0.05) is 0 Å². The van der Waals surface area contributed by atoms with Crippen molar-refractivity contribution in [3.05, 3.63) is 0 Å². The molecule has 0 saturated heterocycles. The van der Waals surface area contributed by atoms with Gasteiger partial charge in [0.05, 0.1) is 13.0 Å². The third-order valence-corrected chi connectivity index (χ3v) is 1.39. The standard InChI is InChI=1S/C7H10O4/c1-4(5(2)8)6(9)7(10)11-3/h4H,1-3H3. The minimum atomic E-state index is -0.965. The lowest BCUT2D eigenvalue weighted by Crippen LogP contribution is -2.27. The number of methoxy groups -OCH3 is 1. The summed E-state index contributed by atoms with van der Waals surface area (Å²) in [7, 11) is 1.10. The van der Waals surface area contributed by atoms with E-state index in [2.05, 4.69) is 4.74 Å². The zero-order chi connectivity index (χ0) is 9.02.